The molecule has 2 unspecified atom stereocenters. The van der Waals surface area contributed by atoms with Crippen molar-refractivity contribution in [1.82, 2.24) is 5.32 Å². The van der Waals surface area contributed by atoms with Gasteiger partial charge in [-0.3, -0.25) is 0 Å². The van der Waals surface area contributed by atoms with Gasteiger partial charge in [0.1, 0.15) is 0 Å². The van der Waals surface area contributed by atoms with Crippen LogP contribution in [0.2, 0.25) is 0 Å². The highest BCUT2D eigenvalue weighted by Crippen LogP contribution is 2.16. The van der Waals surface area contributed by atoms with E-state index in [1.54, 1.807) is 0 Å². The number of piperidine rings is 1. The predicted octanol–water partition coefficient (Wildman–Crippen LogP) is 1.63. The second-order valence-electron chi connectivity index (χ2n) is 3.80. The van der Waals surface area contributed by atoms with E-state index in [9.17, 15) is 0 Å². The molecule has 0 aromatic rings. The van der Waals surface area contributed by atoms with Crippen molar-refractivity contribution in [2.75, 3.05) is 18.9 Å². The maximum atomic E-state index is 8.84. The molecule has 0 saturated carbocycles. The third kappa shape index (κ3) is 4.89. The molecule has 1 aliphatic heterocycles. The van der Waals surface area contributed by atoms with E-state index in [1.807, 2.05) is 11.8 Å². The van der Waals surface area contributed by atoms with Crippen molar-refractivity contribution >= 4 is 11.8 Å². The Morgan fingerprint density at radius 2 is 2.38 bits per heavy atom. The molecule has 2 N–H and O–H groups in total. The summed E-state index contributed by atoms with van der Waals surface area (Å²) in [6, 6.07) is 0.743. The Morgan fingerprint density at radius 1 is 1.54 bits per heavy atom. The predicted molar refractivity (Wildman–Crippen MR) is 59.3 cm³/mol. The van der Waals surface area contributed by atoms with Crippen LogP contribution in [0.25, 0.3) is 0 Å². The molecule has 3 heteroatoms. The van der Waals surface area contributed by atoms with E-state index >= 15 is 0 Å². The summed E-state index contributed by atoms with van der Waals surface area (Å²) in [5.41, 5.74) is 0. The normalized spacial score (nSPS) is 25.8. The van der Waals surface area contributed by atoms with E-state index in [0.29, 0.717) is 11.9 Å². The summed E-state index contributed by atoms with van der Waals surface area (Å²) in [5.74, 6) is 1.18. The van der Waals surface area contributed by atoms with Gasteiger partial charge in [0, 0.05) is 11.3 Å². The van der Waals surface area contributed by atoms with Gasteiger partial charge in [-0.2, -0.15) is 11.8 Å². The monoisotopic (exact) mass is 203 g/mol. The smallest absolute Gasteiger partial charge is 0.0547 e. The first-order chi connectivity index (χ1) is 6.33. The van der Waals surface area contributed by atoms with Gasteiger partial charge in [0.05, 0.1) is 6.61 Å². The zero-order chi connectivity index (χ0) is 9.52. The molecule has 1 aliphatic rings. The van der Waals surface area contributed by atoms with E-state index in [2.05, 4.69) is 12.2 Å². The van der Waals surface area contributed by atoms with Crippen molar-refractivity contribution in [3.8, 4) is 0 Å². The molecule has 0 radical (unpaired) electrons. The molecule has 78 valence electrons. The van der Waals surface area contributed by atoms with Crippen molar-refractivity contribution < 1.29 is 5.11 Å². The van der Waals surface area contributed by atoms with Crippen LogP contribution >= 0.6 is 11.8 Å². The van der Waals surface area contributed by atoms with E-state index < -0.39 is 0 Å². The second-order valence-corrected chi connectivity index (χ2v) is 5.35. The first-order valence-electron chi connectivity index (χ1n) is 5.28. The molecule has 0 aliphatic carbocycles. The van der Waals surface area contributed by atoms with Crippen molar-refractivity contribution in [1.29, 1.82) is 0 Å². The zero-order valence-electron chi connectivity index (χ0n) is 8.46. The number of aliphatic hydroxyl groups is 1. The molecular formula is C10H21NOS. The topological polar surface area (TPSA) is 32.3 Å². The SMILES string of the molecule is CC(CO)SCCC1CCCCN1. The van der Waals surface area contributed by atoms with Gasteiger partial charge >= 0.3 is 0 Å². The molecule has 0 aromatic heterocycles. The average molecular weight is 203 g/mol. The fourth-order valence-electron chi connectivity index (χ4n) is 1.63. The van der Waals surface area contributed by atoms with Crippen LogP contribution in [0.4, 0.5) is 0 Å². The lowest BCUT2D eigenvalue weighted by Crippen LogP contribution is -2.34. The fraction of sp³-hybridized carbons (Fsp3) is 1.00. The van der Waals surface area contributed by atoms with Gasteiger partial charge in [-0.05, 0) is 31.6 Å². The highest BCUT2D eigenvalue weighted by Gasteiger charge is 2.12. The van der Waals surface area contributed by atoms with Crippen LogP contribution < -0.4 is 5.32 Å². The lowest BCUT2D eigenvalue weighted by molar-refractivity contribution is 0.300. The number of thioether (sulfide) groups is 1. The highest BCUT2D eigenvalue weighted by atomic mass is 32.2. The lowest BCUT2D eigenvalue weighted by Gasteiger charge is -2.23. The van der Waals surface area contributed by atoms with Crippen LogP contribution in [0, 0.1) is 0 Å². The van der Waals surface area contributed by atoms with E-state index in [-0.39, 0.29) is 0 Å². The standard InChI is InChI=1S/C10H21NOS/c1-9(8-12)13-7-5-10-4-2-3-6-11-10/h9-12H,2-8H2,1H3. The minimum Gasteiger partial charge on any atom is -0.395 e. The number of rotatable bonds is 5. The average Bonchev–Trinajstić information content (AvgIpc) is 2.19. The summed E-state index contributed by atoms with van der Waals surface area (Å²) in [6.07, 6.45) is 5.33. The summed E-state index contributed by atoms with van der Waals surface area (Å²) in [6.45, 7) is 3.59. The summed E-state index contributed by atoms with van der Waals surface area (Å²) in [7, 11) is 0. The van der Waals surface area contributed by atoms with E-state index in [4.69, 9.17) is 5.11 Å². The van der Waals surface area contributed by atoms with Crippen LogP contribution in [-0.4, -0.2) is 35.3 Å². The largest absolute Gasteiger partial charge is 0.395 e. The summed E-state index contributed by atoms with van der Waals surface area (Å²) >= 11 is 1.88. The maximum Gasteiger partial charge on any atom is 0.0547 e. The van der Waals surface area contributed by atoms with E-state index in [1.165, 1.54) is 38.0 Å². The Labute approximate surface area is 85.5 Å². The van der Waals surface area contributed by atoms with Gasteiger partial charge in [0.25, 0.3) is 0 Å². The first kappa shape index (κ1) is 11.3. The lowest BCUT2D eigenvalue weighted by atomic mass is 10.0. The van der Waals surface area contributed by atoms with Crippen molar-refractivity contribution in [2.45, 2.75) is 43.9 Å². The number of aliphatic hydroxyl groups excluding tert-OH is 1. The summed E-state index contributed by atoms with van der Waals surface area (Å²) < 4.78 is 0. The quantitative estimate of drug-likeness (QED) is 0.712. The van der Waals surface area contributed by atoms with E-state index in [0.717, 1.165) is 6.04 Å². The molecule has 1 fully saturated rings. The maximum absolute atomic E-state index is 8.84. The van der Waals surface area contributed by atoms with Gasteiger partial charge in [0.15, 0.2) is 0 Å². The fourth-order valence-corrected chi connectivity index (χ4v) is 2.56. The van der Waals surface area contributed by atoms with Crippen molar-refractivity contribution in [3.63, 3.8) is 0 Å². The molecule has 0 amide bonds. The third-order valence-corrected chi connectivity index (χ3v) is 3.73. The van der Waals surface area contributed by atoms with Crippen molar-refractivity contribution in [3.05, 3.63) is 0 Å². The molecule has 2 nitrogen and oxygen atoms in total. The molecule has 1 saturated heterocycles. The Balaban J connectivity index is 1.98. The van der Waals surface area contributed by atoms with Crippen molar-refractivity contribution in [2.24, 2.45) is 0 Å². The number of nitrogens with one attached hydrogen (secondary N) is 1. The Morgan fingerprint density at radius 3 is 3.00 bits per heavy atom. The van der Waals surface area contributed by atoms with Gasteiger partial charge in [-0.25, -0.2) is 0 Å². The molecular weight excluding hydrogens is 182 g/mol. The molecule has 2 atom stereocenters. The Kier molecular flexibility index (Phi) is 5.83. The van der Waals surface area contributed by atoms with Gasteiger partial charge < -0.3 is 10.4 Å². The summed E-state index contributed by atoms with van der Waals surface area (Å²) in [5, 5.41) is 12.8. The number of hydrogen-bond acceptors (Lipinski definition) is 3. The van der Waals surface area contributed by atoms with Crippen LogP contribution in [0.15, 0.2) is 0 Å². The molecule has 0 spiro atoms. The minimum absolute atomic E-state index is 0.308. The summed E-state index contributed by atoms with van der Waals surface area (Å²) in [4.78, 5) is 0. The Hall–Kier alpha value is 0.270. The minimum atomic E-state index is 0.308. The molecule has 0 aromatic carbocycles. The number of hydrogen-bond donors (Lipinski definition) is 2. The van der Waals surface area contributed by atoms with Gasteiger partial charge in [0.2, 0.25) is 0 Å². The molecule has 13 heavy (non-hydrogen) atoms. The third-order valence-electron chi connectivity index (χ3n) is 2.54. The van der Waals surface area contributed by atoms with Crippen LogP contribution in [-0.2, 0) is 0 Å². The molecule has 1 rings (SSSR count). The van der Waals surface area contributed by atoms with Gasteiger partial charge in [-0.1, -0.05) is 13.3 Å². The molecule has 0 bridgehead atoms. The first-order valence-corrected chi connectivity index (χ1v) is 6.33. The van der Waals surface area contributed by atoms with Crippen LogP contribution in [0.3, 0.4) is 0 Å². The Bertz CT molecular complexity index is 126. The zero-order valence-corrected chi connectivity index (χ0v) is 9.28. The molecule has 1 heterocycles. The van der Waals surface area contributed by atoms with Crippen LogP contribution in [0.5, 0.6) is 0 Å². The highest BCUT2D eigenvalue weighted by molar-refractivity contribution is 7.99. The van der Waals surface area contributed by atoms with Gasteiger partial charge in [-0.15, -0.1) is 0 Å². The van der Waals surface area contributed by atoms with Crippen LogP contribution in [0.1, 0.15) is 32.6 Å². The second kappa shape index (κ2) is 6.68.